The molecule has 0 spiro atoms. The highest BCUT2D eigenvalue weighted by atomic mass is 19.1. The van der Waals surface area contributed by atoms with Crippen LogP contribution < -0.4 is 5.32 Å². The van der Waals surface area contributed by atoms with Crippen LogP contribution in [0.1, 0.15) is 42.1 Å². The van der Waals surface area contributed by atoms with E-state index in [0.717, 1.165) is 60.0 Å². The van der Waals surface area contributed by atoms with Crippen LogP contribution in [0.5, 0.6) is 5.75 Å². The molecule has 1 aliphatic rings. The van der Waals surface area contributed by atoms with Crippen LogP contribution in [0.25, 0.3) is 22.2 Å². The van der Waals surface area contributed by atoms with Gasteiger partial charge in [0.05, 0.1) is 17.3 Å². The Hall–Kier alpha value is -3.88. The lowest BCUT2D eigenvalue weighted by atomic mass is 9.86. The summed E-state index contributed by atoms with van der Waals surface area (Å²) in [4.78, 5) is 20.9. The van der Waals surface area contributed by atoms with Crippen molar-refractivity contribution in [1.29, 1.82) is 0 Å². The highest BCUT2D eigenvalue weighted by molar-refractivity contribution is 5.94. The first-order chi connectivity index (χ1) is 16.5. The van der Waals surface area contributed by atoms with Crippen LogP contribution in [0.3, 0.4) is 0 Å². The third-order valence-electron chi connectivity index (χ3n) is 6.40. The maximum absolute atomic E-state index is 13.5. The second kappa shape index (κ2) is 9.17. The number of halogens is 2. The standard InChI is InChI=1S/C25H23F2N5O2/c26-20-9-17(10-21(27)24(20)33)25(34)30-12-15-1-3-19(4-2-15)32-14-18-13-29-22(11-23(18)31-32)16-5-7-28-8-6-16/h5-11,13-15,19,33H,1-4,12H2,(H,30,34). The molecule has 0 atom stereocenters. The zero-order chi connectivity index (χ0) is 23.7. The van der Waals surface area contributed by atoms with Crippen LogP contribution in [0.2, 0.25) is 0 Å². The lowest BCUT2D eigenvalue weighted by Crippen LogP contribution is -2.31. The van der Waals surface area contributed by atoms with Crippen molar-refractivity contribution in [3.8, 4) is 17.0 Å². The van der Waals surface area contributed by atoms with Crippen molar-refractivity contribution in [2.75, 3.05) is 6.54 Å². The number of amides is 1. The number of benzene rings is 1. The van der Waals surface area contributed by atoms with Crippen LogP contribution in [-0.4, -0.2) is 37.3 Å². The Morgan fingerprint density at radius 3 is 2.50 bits per heavy atom. The van der Waals surface area contributed by atoms with Gasteiger partial charge in [-0.05, 0) is 61.9 Å². The first-order valence-corrected chi connectivity index (χ1v) is 11.2. The molecule has 3 aromatic heterocycles. The van der Waals surface area contributed by atoms with Crippen molar-refractivity contribution >= 4 is 16.8 Å². The first kappa shape index (κ1) is 21.9. The summed E-state index contributed by atoms with van der Waals surface area (Å²) >= 11 is 0. The Morgan fingerprint density at radius 2 is 1.79 bits per heavy atom. The smallest absolute Gasteiger partial charge is 0.251 e. The van der Waals surface area contributed by atoms with E-state index < -0.39 is 23.3 Å². The molecule has 2 N–H and O–H groups in total. The molecule has 5 rings (SSSR count). The van der Waals surface area contributed by atoms with E-state index in [1.54, 1.807) is 12.4 Å². The molecule has 0 bridgehead atoms. The molecule has 4 aromatic rings. The quantitative estimate of drug-likeness (QED) is 0.450. The zero-order valence-electron chi connectivity index (χ0n) is 18.3. The highest BCUT2D eigenvalue weighted by Crippen LogP contribution is 2.33. The largest absolute Gasteiger partial charge is 0.503 e. The van der Waals surface area contributed by atoms with Gasteiger partial charge in [-0.25, -0.2) is 8.78 Å². The first-order valence-electron chi connectivity index (χ1n) is 11.2. The molecule has 174 valence electrons. The van der Waals surface area contributed by atoms with Crippen molar-refractivity contribution in [3.05, 3.63) is 72.3 Å². The van der Waals surface area contributed by atoms with E-state index in [1.807, 2.05) is 35.3 Å². The molecule has 1 aliphatic carbocycles. The number of nitrogens with zero attached hydrogens (tertiary/aromatic N) is 4. The molecule has 0 saturated heterocycles. The number of aromatic hydroxyl groups is 1. The van der Waals surface area contributed by atoms with E-state index in [0.29, 0.717) is 6.54 Å². The molecule has 1 aromatic carbocycles. The summed E-state index contributed by atoms with van der Waals surface area (Å²) < 4.78 is 29.0. The summed E-state index contributed by atoms with van der Waals surface area (Å²) in [7, 11) is 0. The van der Waals surface area contributed by atoms with Gasteiger partial charge in [-0.2, -0.15) is 5.10 Å². The van der Waals surface area contributed by atoms with Crippen LogP contribution >= 0.6 is 0 Å². The fourth-order valence-corrected chi connectivity index (χ4v) is 4.45. The van der Waals surface area contributed by atoms with Gasteiger partial charge in [0.1, 0.15) is 0 Å². The van der Waals surface area contributed by atoms with E-state index in [9.17, 15) is 18.7 Å². The molecule has 34 heavy (non-hydrogen) atoms. The maximum Gasteiger partial charge on any atom is 0.251 e. The molecule has 1 saturated carbocycles. The van der Waals surface area contributed by atoms with Gasteiger partial charge in [0.2, 0.25) is 0 Å². The highest BCUT2D eigenvalue weighted by Gasteiger charge is 2.24. The van der Waals surface area contributed by atoms with Gasteiger partial charge in [0.25, 0.3) is 5.91 Å². The predicted molar refractivity (Wildman–Crippen MR) is 122 cm³/mol. The van der Waals surface area contributed by atoms with Crippen molar-refractivity contribution in [3.63, 3.8) is 0 Å². The van der Waals surface area contributed by atoms with Crippen LogP contribution in [-0.2, 0) is 0 Å². The Balaban J connectivity index is 1.18. The SMILES string of the molecule is O=C(NCC1CCC(n2cc3cnc(-c4ccncc4)cc3n2)CC1)c1cc(F)c(O)c(F)c1. The van der Waals surface area contributed by atoms with E-state index in [2.05, 4.69) is 15.3 Å². The number of aromatic nitrogens is 4. The molecule has 0 aliphatic heterocycles. The van der Waals surface area contributed by atoms with Crippen molar-refractivity contribution < 1.29 is 18.7 Å². The Morgan fingerprint density at radius 1 is 1.09 bits per heavy atom. The Labute approximate surface area is 194 Å². The van der Waals surface area contributed by atoms with E-state index in [1.165, 1.54) is 0 Å². The number of phenols is 1. The molecule has 0 unspecified atom stereocenters. The Bertz CT molecular complexity index is 1310. The minimum atomic E-state index is -1.15. The fraction of sp³-hybridized carbons (Fsp3) is 0.280. The number of carbonyl (C=O) groups is 1. The number of rotatable bonds is 5. The number of fused-ring (bicyclic) bond motifs is 1. The fourth-order valence-electron chi connectivity index (χ4n) is 4.45. The van der Waals surface area contributed by atoms with Crippen LogP contribution in [0.15, 0.2) is 55.1 Å². The van der Waals surface area contributed by atoms with Gasteiger partial charge in [0.15, 0.2) is 17.4 Å². The summed E-state index contributed by atoms with van der Waals surface area (Å²) in [6.07, 6.45) is 11.0. The molecule has 1 fully saturated rings. The Kier molecular flexibility index (Phi) is 5.91. The number of carbonyl (C=O) groups excluding carboxylic acids is 1. The third kappa shape index (κ3) is 4.46. The summed E-state index contributed by atoms with van der Waals surface area (Å²) in [6.45, 7) is 0.427. The summed E-state index contributed by atoms with van der Waals surface area (Å²) in [5.41, 5.74) is 2.59. The monoisotopic (exact) mass is 463 g/mol. The molecule has 9 heteroatoms. The predicted octanol–water partition coefficient (Wildman–Crippen LogP) is 4.64. The minimum Gasteiger partial charge on any atom is -0.503 e. The van der Waals surface area contributed by atoms with E-state index >= 15 is 0 Å². The van der Waals surface area contributed by atoms with Gasteiger partial charge >= 0.3 is 0 Å². The number of nitrogens with one attached hydrogen (secondary N) is 1. The number of pyridine rings is 2. The average Bonchev–Trinajstić information content (AvgIpc) is 3.30. The summed E-state index contributed by atoms with van der Waals surface area (Å²) in [6, 6.07) is 7.75. The molecular weight excluding hydrogens is 440 g/mol. The van der Waals surface area contributed by atoms with Crippen LogP contribution in [0.4, 0.5) is 8.78 Å². The molecular formula is C25H23F2N5O2. The van der Waals surface area contributed by atoms with Gasteiger partial charge in [-0.3, -0.25) is 19.4 Å². The lowest BCUT2D eigenvalue weighted by Gasteiger charge is -2.28. The number of phenolic OH excluding ortho intramolecular Hbond substituents is 1. The third-order valence-corrected chi connectivity index (χ3v) is 6.40. The van der Waals surface area contributed by atoms with Gasteiger partial charge in [-0.1, -0.05) is 0 Å². The normalized spacial score (nSPS) is 18.2. The molecule has 0 radical (unpaired) electrons. The lowest BCUT2D eigenvalue weighted by molar-refractivity contribution is 0.0940. The second-order valence-corrected chi connectivity index (χ2v) is 8.65. The van der Waals surface area contributed by atoms with Crippen molar-refractivity contribution in [2.45, 2.75) is 31.7 Å². The van der Waals surface area contributed by atoms with E-state index in [4.69, 9.17) is 5.10 Å². The summed E-state index contributed by atoms with van der Waals surface area (Å²) in [5, 5.41) is 17.7. The number of hydrogen-bond acceptors (Lipinski definition) is 5. The van der Waals surface area contributed by atoms with E-state index in [-0.39, 0.29) is 17.5 Å². The van der Waals surface area contributed by atoms with Gasteiger partial charge in [-0.15, -0.1) is 0 Å². The van der Waals surface area contributed by atoms with Crippen molar-refractivity contribution in [2.24, 2.45) is 5.92 Å². The van der Waals surface area contributed by atoms with Crippen molar-refractivity contribution in [1.82, 2.24) is 25.1 Å². The topological polar surface area (TPSA) is 92.9 Å². The molecule has 7 nitrogen and oxygen atoms in total. The van der Waals surface area contributed by atoms with Gasteiger partial charge in [0, 0.05) is 47.8 Å². The average molecular weight is 463 g/mol. The molecule has 3 heterocycles. The van der Waals surface area contributed by atoms with Gasteiger partial charge < -0.3 is 10.4 Å². The van der Waals surface area contributed by atoms with Crippen LogP contribution in [0, 0.1) is 17.6 Å². The number of hydrogen-bond donors (Lipinski definition) is 2. The zero-order valence-corrected chi connectivity index (χ0v) is 18.3. The second-order valence-electron chi connectivity index (χ2n) is 8.65. The molecule has 1 amide bonds. The minimum absolute atomic E-state index is 0.149. The maximum atomic E-state index is 13.5. The summed E-state index contributed by atoms with van der Waals surface area (Å²) in [5.74, 6) is -3.67.